The lowest BCUT2D eigenvalue weighted by Crippen LogP contribution is -2.47. The molecule has 1 aliphatic rings. The molecule has 2 rings (SSSR count). The Balaban J connectivity index is 2.07. The monoisotopic (exact) mass is 394 g/mol. The molecule has 10 heteroatoms. The topological polar surface area (TPSA) is 90.5 Å². The molecule has 1 fully saturated rings. The average molecular weight is 395 g/mol. The van der Waals surface area contributed by atoms with Crippen molar-refractivity contribution in [2.75, 3.05) is 18.9 Å². The lowest BCUT2D eigenvalue weighted by atomic mass is 10.2. The molecule has 2 unspecified atom stereocenters. The average Bonchev–Trinajstić information content (AvgIpc) is 2.82. The zero-order chi connectivity index (χ0) is 18.1. The number of benzene rings is 1. The third-order valence-corrected chi connectivity index (χ3v) is 6.94. The van der Waals surface area contributed by atoms with Crippen LogP contribution in [0.2, 0.25) is 10.0 Å². The molecule has 1 saturated heterocycles. The van der Waals surface area contributed by atoms with Gasteiger partial charge in [-0.05, 0) is 32.0 Å². The summed E-state index contributed by atoms with van der Waals surface area (Å²) in [5, 5.41) is 2.65. The van der Waals surface area contributed by atoms with E-state index in [4.69, 9.17) is 23.2 Å². The summed E-state index contributed by atoms with van der Waals surface area (Å²) >= 11 is 11.9. The van der Waals surface area contributed by atoms with Crippen LogP contribution < -0.4 is 16.2 Å². The standard InChI is InChI=1S/C14H20Cl2N4O3S/c1-8-14(9(2)19-18-8)24(22,23)20(3)7-13(21)17-12-6-10(15)4-5-11(12)16/h4-6,8-9,14,18-19H,7H2,1-3H3,(H,17,21). The van der Waals surface area contributed by atoms with E-state index in [0.717, 1.165) is 4.31 Å². The molecule has 0 aromatic heterocycles. The maximum atomic E-state index is 12.7. The first-order chi connectivity index (χ1) is 11.1. The molecule has 1 aromatic rings. The molecular formula is C14H20Cl2N4O3S. The number of likely N-dealkylation sites (N-methyl/N-ethyl adjacent to an activating group) is 1. The van der Waals surface area contributed by atoms with E-state index in [9.17, 15) is 13.2 Å². The molecule has 0 spiro atoms. The molecule has 1 heterocycles. The van der Waals surface area contributed by atoms with Gasteiger partial charge in [0.05, 0.1) is 17.3 Å². The molecular weight excluding hydrogens is 375 g/mol. The van der Waals surface area contributed by atoms with Gasteiger partial charge >= 0.3 is 0 Å². The van der Waals surface area contributed by atoms with Crippen molar-refractivity contribution in [3.8, 4) is 0 Å². The van der Waals surface area contributed by atoms with Crippen molar-refractivity contribution in [3.05, 3.63) is 28.2 Å². The number of hydrazine groups is 1. The van der Waals surface area contributed by atoms with E-state index < -0.39 is 21.2 Å². The number of nitrogens with one attached hydrogen (secondary N) is 3. The van der Waals surface area contributed by atoms with Gasteiger partial charge in [-0.2, -0.15) is 4.31 Å². The number of nitrogens with zero attached hydrogens (tertiary/aromatic N) is 1. The summed E-state index contributed by atoms with van der Waals surface area (Å²) in [6.07, 6.45) is 0. The maximum Gasteiger partial charge on any atom is 0.239 e. The Bertz CT molecular complexity index is 719. The molecule has 1 aromatic carbocycles. The zero-order valence-electron chi connectivity index (χ0n) is 13.5. The van der Waals surface area contributed by atoms with Crippen LogP contribution >= 0.6 is 23.2 Å². The molecule has 3 N–H and O–H groups in total. The van der Waals surface area contributed by atoms with E-state index in [1.54, 1.807) is 26.0 Å². The van der Waals surface area contributed by atoms with Gasteiger partial charge in [0.25, 0.3) is 0 Å². The summed E-state index contributed by atoms with van der Waals surface area (Å²) in [6, 6.07) is 4.12. The molecule has 24 heavy (non-hydrogen) atoms. The zero-order valence-corrected chi connectivity index (χ0v) is 15.8. The molecule has 1 aliphatic heterocycles. The van der Waals surface area contributed by atoms with Gasteiger partial charge in [-0.1, -0.05) is 23.2 Å². The Morgan fingerprint density at radius 3 is 2.42 bits per heavy atom. The lowest BCUT2D eigenvalue weighted by molar-refractivity contribution is -0.116. The fourth-order valence-electron chi connectivity index (χ4n) is 2.66. The Morgan fingerprint density at radius 2 is 1.83 bits per heavy atom. The van der Waals surface area contributed by atoms with Crippen LogP contribution in [0.5, 0.6) is 0 Å². The molecule has 0 radical (unpaired) electrons. The normalized spacial score (nSPS) is 24.3. The summed E-state index contributed by atoms with van der Waals surface area (Å²) in [6.45, 7) is 3.23. The van der Waals surface area contributed by atoms with E-state index in [1.807, 2.05) is 0 Å². The van der Waals surface area contributed by atoms with Crippen molar-refractivity contribution in [1.82, 2.24) is 15.2 Å². The fourth-order valence-corrected chi connectivity index (χ4v) is 4.88. The van der Waals surface area contributed by atoms with Crippen LogP contribution in [0.25, 0.3) is 0 Å². The number of sulfonamides is 1. The van der Waals surface area contributed by atoms with Crippen LogP contribution in [0.4, 0.5) is 5.69 Å². The Kier molecular flexibility index (Phi) is 6.11. The second-order valence-electron chi connectivity index (χ2n) is 5.80. The van der Waals surface area contributed by atoms with Crippen LogP contribution in [-0.4, -0.2) is 49.6 Å². The van der Waals surface area contributed by atoms with E-state index in [0.29, 0.717) is 15.7 Å². The van der Waals surface area contributed by atoms with Gasteiger partial charge in [-0.15, -0.1) is 0 Å². The number of carbonyl (C=O) groups is 1. The van der Waals surface area contributed by atoms with Crippen LogP contribution in [0, 0.1) is 0 Å². The second kappa shape index (κ2) is 7.55. The Hall–Kier alpha value is -0.900. The van der Waals surface area contributed by atoms with Crippen molar-refractivity contribution >= 4 is 44.8 Å². The van der Waals surface area contributed by atoms with Crippen molar-refractivity contribution in [3.63, 3.8) is 0 Å². The fraction of sp³-hybridized carbons (Fsp3) is 0.500. The summed E-state index contributed by atoms with van der Waals surface area (Å²) in [4.78, 5) is 12.2. The third-order valence-electron chi connectivity index (χ3n) is 3.87. The predicted molar refractivity (Wildman–Crippen MR) is 95.6 cm³/mol. The van der Waals surface area contributed by atoms with Gasteiger partial charge in [0.1, 0.15) is 5.25 Å². The summed E-state index contributed by atoms with van der Waals surface area (Å²) in [5.74, 6) is -0.496. The highest BCUT2D eigenvalue weighted by molar-refractivity contribution is 7.89. The Morgan fingerprint density at radius 1 is 1.25 bits per heavy atom. The van der Waals surface area contributed by atoms with E-state index in [1.165, 1.54) is 13.1 Å². The number of halogens is 2. The molecule has 134 valence electrons. The minimum absolute atomic E-state index is 0.266. The molecule has 0 saturated carbocycles. The van der Waals surface area contributed by atoms with Gasteiger partial charge in [0.2, 0.25) is 15.9 Å². The van der Waals surface area contributed by atoms with Crippen molar-refractivity contribution in [2.45, 2.75) is 31.2 Å². The molecule has 0 aliphatic carbocycles. The van der Waals surface area contributed by atoms with Crippen LogP contribution in [0.15, 0.2) is 18.2 Å². The quantitative estimate of drug-likeness (QED) is 0.702. The number of hydrogen-bond donors (Lipinski definition) is 3. The highest BCUT2D eigenvalue weighted by atomic mass is 35.5. The molecule has 1 amide bonds. The van der Waals surface area contributed by atoms with Crippen molar-refractivity contribution < 1.29 is 13.2 Å². The lowest BCUT2D eigenvalue weighted by Gasteiger charge is -2.25. The van der Waals surface area contributed by atoms with Gasteiger partial charge < -0.3 is 5.32 Å². The molecule has 7 nitrogen and oxygen atoms in total. The van der Waals surface area contributed by atoms with Gasteiger partial charge in [0, 0.05) is 24.2 Å². The highest BCUT2D eigenvalue weighted by Crippen LogP contribution is 2.25. The SMILES string of the molecule is CC1NNC(C)C1S(=O)(=O)N(C)CC(=O)Nc1cc(Cl)ccc1Cl. The number of amides is 1. The van der Waals surface area contributed by atoms with E-state index in [2.05, 4.69) is 16.2 Å². The first kappa shape index (κ1) is 19.4. The number of rotatable bonds is 5. The predicted octanol–water partition coefficient (Wildman–Crippen LogP) is 1.45. The highest BCUT2D eigenvalue weighted by Gasteiger charge is 2.42. The molecule has 0 bridgehead atoms. The van der Waals surface area contributed by atoms with E-state index >= 15 is 0 Å². The number of hydrogen-bond acceptors (Lipinski definition) is 5. The first-order valence-corrected chi connectivity index (χ1v) is 9.60. The molecule has 2 atom stereocenters. The van der Waals surface area contributed by atoms with Crippen LogP contribution in [0.1, 0.15) is 13.8 Å². The first-order valence-electron chi connectivity index (χ1n) is 7.34. The van der Waals surface area contributed by atoms with Crippen molar-refractivity contribution in [1.29, 1.82) is 0 Å². The van der Waals surface area contributed by atoms with E-state index in [-0.39, 0.29) is 18.6 Å². The van der Waals surface area contributed by atoms with Crippen LogP contribution in [0.3, 0.4) is 0 Å². The maximum absolute atomic E-state index is 12.7. The minimum atomic E-state index is -3.65. The minimum Gasteiger partial charge on any atom is -0.324 e. The van der Waals surface area contributed by atoms with Gasteiger partial charge in [-0.25, -0.2) is 8.42 Å². The smallest absolute Gasteiger partial charge is 0.239 e. The summed E-state index contributed by atoms with van der Waals surface area (Å²) in [7, 11) is -2.27. The number of anilines is 1. The number of carbonyl (C=O) groups excluding carboxylic acids is 1. The largest absolute Gasteiger partial charge is 0.324 e. The summed E-state index contributed by atoms with van der Waals surface area (Å²) in [5.41, 5.74) is 6.14. The second-order valence-corrected chi connectivity index (χ2v) is 8.85. The van der Waals surface area contributed by atoms with Crippen LogP contribution in [-0.2, 0) is 14.8 Å². The van der Waals surface area contributed by atoms with Gasteiger partial charge in [0.15, 0.2) is 0 Å². The van der Waals surface area contributed by atoms with Gasteiger partial charge in [-0.3, -0.25) is 15.6 Å². The Labute approximate surface area is 151 Å². The third kappa shape index (κ3) is 4.19. The summed E-state index contributed by atoms with van der Waals surface area (Å²) < 4.78 is 26.4. The van der Waals surface area contributed by atoms with Crippen molar-refractivity contribution in [2.24, 2.45) is 0 Å².